The van der Waals surface area contributed by atoms with Crippen LogP contribution in [0.15, 0.2) is 16.7 Å². The number of rotatable bonds is 4. The van der Waals surface area contributed by atoms with Crippen LogP contribution in [0.5, 0.6) is 0 Å². The van der Waals surface area contributed by atoms with E-state index in [0.717, 1.165) is 12.5 Å². The Balaban J connectivity index is 2.23. The van der Waals surface area contributed by atoms with E-state index in [4.69, 9.17) is 32.5 Å². The number of nitrogens with zero attached hydrogens (tertiary/aromatic N) is 1. The first-order chi connectivity index (χ1) is 10.9. The fourth-order valence-electron chi connectivity index (χ4n) is 2.76. The molecule has 1 aliphatic carbocycles. The highest BCUT2D eigenvalue weighted by Crippen LogP contribution is 2.48. The van der Waals surface area contributed by atoms with Crippen LogP contribution >= 0.6 is 23.2 Å². The Hall–Kier alpha value is -1.63. The minimum absolute atomic E-state index is 0.0440. The summed E-state index contributed by atoms with van der Waals surface area (Å²) >= 11 is 11.8. The normalized spacial score (nSPS) is 16.2. The molecule has 0 bridgehead atoms. The van der Waals surface area contributed by atoms with Crippen molar-refractivity contribution in [3.05, 3.63) is 39.3 Å². The molecule has 1 N–H and O–H groups in total. The number of benzene rings is 1. The fourth-order valence-corrected chi connectivity index (χ4v) is 3.32. The van der Waals surface area contributed by atoms with Crippen LogP contribution in [-0.2, 0) is 10.3 Å². The predicted octanol–water partition coefficient (Wildman–Crippen LogP) is 4.51. The van der Waals surface area contributed by atoms with Gasteiger partial charge in [-0.1, -0.05) is 28.4 Å². The van der Waals surface area contributed by atoms with Crippen LogP contribution in [0.25, 0.3) is 11.3 Å². The van der Waals surface area contributed by atoms with Gasteiger partial charge in [0.15, 0.2) is 5.76 Å². The van der Waals surface area contributed by atoms with E-state index >= 15 is 0 Å². The molecule has 0 radical (unpaired) electrons. The summed E-state index contributed by atoms with van der Waals surface area (Å²) in [5.41, 5.74) is -1.41. The molecule has 2 aromatic rings. The van der Waals surface area contributed by atoms with Crippen molar-refractivity contribution in [1.29, 1.82) is 0 Å². The van der Waals surface area contributed by atoms with Gasteiger partial charge in [-0.15, -0.1) is 0 Å². The third-order valence-electron chi connectivity index (χ3n) is 4.12. The maximum Gasteiger partial charge on any atom is 0.341 e. The van der Waals surface area contributed by atoms with E-state index in [-0.39, 0.29) is 32.6 Å². The lowest BCUT2D eigenvalue weighted by atomic mass is 9.76. The van der Waals surface area contributed by atoms with Gasteiger partial charge in [-0.25, -0.2) is 9.18 Å². The Bertz CT molecular complexity index is 757. The lowest BCUT2D eigenvalue weighted by molar-refractivity contribution is -0.0961. The molecular formula is C15H12Cl2FNO4. The molecule has 122 valence electrons. The van der Waals surface area contributed by atoms with E-state index in [1.807, 2.05) is 0 Å². The van der Waals surface area contributed by atoms with Crippen molar-refractivity contribution in [2.45, 2.75) is 24.9 Å². The van der Waals surface area contributed by atoms with Crippen LogP contribution in [0, 0.1) is 5.82 Å². The number of ether oxygens (including phenoxy) is 1. The topological polar surface area (TPSA) is 72.6 Å². The van der Waals surface area contributed by atoms with Gasteiger partial charge < -0.3 is 14.4 Å². The number of halogens is 3. The lowest BCUT2D eigenvalue weighted by Crippen LogP contribution is -2.37. The Morgan fingerprint density at radius 2 is 2.13 bits per heavy atom. The summed E-state index contributed by atoms with van der Waals surface area (Å²) in [5.74, 6) is -1.98. The Morgan fingerprint density at radius 1 is 1.43 bits per heavy atom. The molecule has 1 fully saturated rings. The van der Waals surface area contributed by atoms with Gasteiger partial charge in [0.2, 0.25) is 0 Å². The monoisotopic (exact) mass is 359 g/mol. The van der Waals surface area contributed by atoms with Crippen LogP contribution in [0.2, 0.25) is 10.0 Å². The Morgan fingerprint density at radius 3 is 2.61 bits per heavy atom. The van der Waals surface area contributed by atoms with Gasteiger partial charge in [0, 0.05) is 12.1 Å². The highest BCUT2D eigenvalue weighted by Gasteiger charge is 2.47. The second kappa shape index (κ2) is 5.78. The standard InChI is InChI=1S/C15H12Cl2FNO4/c1-22-15(3-2-4-15)13-11(14(20)21)12(19-23-13)10-8(17)5-7(16)6-9(10)18/h5-6H,2-4H2,1H3,(H,20,21). The van der Waals surface area contributed by atoms with Gasteiger partial charge >= 0.3 is 5.97 Å². The number of carboxylic acids is 1. The molecule has 0 aliphatic heterocycles. The molecule has 1 aliphatic rings. The molecule has 0 saturated heterocycles. The first-order valence-corrected chi connectivity index (χ1v) is 7.59. The van der Waals surface area contributed by atoms with E-state index in [9.17, 15) is 14.3 Å². The maximum atomic E-state index is 14.2. The molecule has 1 heterocycles. The summed E-state index contributed by atoms with van der Waals surface area (Å²) in [6.07, 6.45) is 2.09. The van der Waals surface area contributed by atoms with E-state index in [1.165, 1.54) is 13.2 Å². The van der Waals surface area contributed by atoms with Gasteiger partial charge in [0.1, 0.15) is 22.7 Å². The number of aromatic carboxylic acids is 1. The zero-order valence-electron chi connectivity index (χ0n) is 12.0. The number of carbonyl (C=O) groups is 1. The Labute approximate surface area is 140 Å². The third-order valence-corrected chi connectivity index (χ3v) is 4.63. The van der Waals surface area contributed by atoms with Gasteiger partial charge in [-0.05, 0) is 31.4 Å². The highest BCUT2D eigenvalue weighted by molar-refractivity contribution is 6.36. The molecule has 8 heteroatoms. The van der Waals surface area contributed by atoms with Crippen molar-refractivity contribution < 1.29 is 23.6 Å². The molecule has 0 amide bonds. The average molecular weight is 360 g/mol. The zero-order chi connectivity index (χ0) is 16.8. The SMILES string of the molecule is COC1(c2onc(-c3c(F)cc(Cl)cc3Cl)c2C(=O)O)CCC1. The van der Waals surface area contributed by atoms with Crippen molar-refractivity contribution >= 4 is 29.2 Å². The van der Waals surface area contributed by atoms with Crippen molar-refractivity contribution in [3.63, 3.8) is 0 Å². The molecule has 0 spiro atoms. The summed E-state index contributed by atoms with van der Waals surface area (Å²) in [4.78, 5) is 11.7. The first kappa shape index (κ1) is 16.2. The summed E-state index contributed by atoms with van der Waals surface area (Å²) < 4.78 is 24.9. The minimum atomic E-state index is -1.29. The third kappa shape index (κ3) is 2.51. The highest BCUT2D eigenvalue weighted by atomic mass is 35.5. The molecule has 23 heavy (non-hydrogen) atoms. The van der Waals surface area contributed by atoms with Crippen molar-refractivity contribution in [2.75, 3.05) is 7.11 Å². The van der Waals surface area contributed by atoms with E-state index < -0.39 is 17.4 Å². The summed E-state index contributed by atoms with van der Waals surface area (Å²) in [7, 11) is 1.48. The molecule has 0 atom stereocenters. The Kier molecular flexibility index (Phi) is 4.08. The molecular weight excluding hydrogens is 348 g/mol. The summed E-state index contributed by atoms with van der Waals surface area (Å²) in [5, 5.41) is 13.4. The van der Waals surface area contributed by atoms with Crippen LogP contribution in [-0.4, -0.2) is 23.3 Å². The molecule has 0 unspecified atom stereocenters. The summed E-state index contributed by atoms with van der Waals surface area (Å²) in [6.45, 7) is 0. The number of carboxylic acid groups (broad SMARTS) is 1. The maximum absolute atomic E-state index is 14.2. The second-order valence-corrected chi connectivity index (χ2v) is 6.18. The van der Waals surface area contributed by atoms with E-state index in [2.05, 4.69) is 5.16 Å². The average Bonchev–Trinajstić information content (AvgIpc) is 2.82. The number of methoxy groups -OCH3 is 1. The number of hydrogen-bond acceptors (Lipinski definition) is 4. The van der Waals surface area contributed by atoms with Crippen molar-refractivity contribution in [1.82, 2.24) is 5.16 Å². The predicted molar refractivity (Wildman–Crippen MR) is 81.4 cm³/mol. The van der Waals surface area contributed by atoms with Gasteiger partial charge in [0.25, 0.3) is 0 Å². The molecule has 1 saturated carbocycles. The van der Waals surface area contributed by atoms with E-state index in [1.54, 1.807) is 0 Å². The van der Waals surface area contributed by atoms with Crippen LogP contribution < -0.4 is 0 Å². The van der Waals surface area contributed by atoms with Crippen LogP contribution in [0.1, 0.15) is 35.4 Å². The van der Waals surface area contributed by atoms with Crippen molar-refractivity contribution in [2.24, 2.45) is 0 Å². The van der Waals surface area contributed by atoms with Gasteiger partial charge in [-0.3, -0.25) is 0 Å². The minimum Gasteiger partial charge on any atom is -0.477 e. The van der Waals surface area contributed by atoms with Gasteiger partial charge in [-0.2, -0.15) is 0 Å². The number of hydrogen-bond donors (Lipinski definition) is 1. The van der Waals surface area contributed by atoms with Crippen LogP contribution in [0.3, 0.4) is 0 Å². The molecule has 1 aromatic carbocycles. The molecule has 3 rings (SSSR count). The number of aromatic nitrogens is 1. The largest absolute Gasteiger partial charge is 0.477 e. The fraction of sp³-hybridized carbons (Fsp3) is 0.333. The summed E-state index contributed by atoms with van der Waals surface area (Å²) in [6, 6.07) is 2.36. The second-order valence-electron chi connectivity index (χ2n) is 5.34. The first-order valence-electron chi connectivity index (χ1n) is 6.83. The molecule has 5 nitrogen and oxygen atoms in total. The smallest absolute Gasteiger partial charge is 0.341 e. The zero-order valence-corrected chi connectivity index (χ0v) is 13.5. The van der Waals surface area contributed by atoms with Crippen molar-refractivity contribution in [3.8, 4) is 11.3 Å². The van der Waals surface area contributed by atoms with Crippen LogP contribution in [0.4, 0.5) is 4.39 Å². The quantitative estimate of drug-likeness (QED) is 0.869. The van der Waals surface area contributed by atoms with Gasteiger partial charge in [0.05, 0.1) is 10.6 Å². The van der Waals surface area contributed by atoms with E-state index in [0.29, 0.717) is 12.8 Å². The molecule has 1 aromatic heterocycles. The lowest BCUT2D eigenvalue weighted by Gasteiger charge is -2.38.